The van der Waals surface area contributed by atoms with Gasteiger partial charge in [-0.15, -0.1) is 0 Å². The second-order valence-corrected chi connectivity index (χ2v) is 4.95. The van der Waals surface area contributed by atoms with Crippen LogP contribution >= 0.6 is 0 Å². The largest absolute Gasteiger partial charge is 0.378 e. The number of rotatable bonds is 3. The van der Waals surface area contributed by atoms with E-state index >= 15 is 0 Å². The molecular weight excluding hydrogens is 274 g/mol. The number of hydrogen-bond acceptors (Lipinski definition) is 5. The van der Waals surface area contributed by atoms with Crippen molar-refractivity contribution in [2.24, 2.45) is 0 Å². The maximum Gasteiger partial charge on any atom is 0.291 e. The topological polar surface area (TPSA) is 92.6 Å². The van der Waals surface area contributed by atoms with Crippen molar-refractivity contribution in [3.05, 3.63) is 27.9 Å². The summed E-state index contributed by atoms with van der Waals surface area (Å²) in [5, 5.41) is 2.73. The predicted molar refractivity (Wildman–Crippen MR) is 74.3 cm³/mol. The van der Waals surface area contributed by atoms with E-state index in [0.717, 1.165) is 6.42 Å². The fourth-order valence-electron chi connectivity index (χ4n) is 2.32. The van der Waals surface area contributed by atoms with E-state index in [-0.39, 0.29) is 23.1 Å². The minimum absolute atomic E-state index is 0.134. The van der Waals surface area contributed by atoms with Crippen molar-refractivity contribution in [3.63, 3.8) is 0 Å². The Kier molecular flexibility index (Phi) is 3.70. The molecule has 0 radical (unpaired) electrons. The molecule has 1 N–H and O–H groups in total. The van der Waals surface area contributed by atoms with E-state index in [1.54, 1.807) is 4.90 Å². The zero-order chi connectivity index (χ0) is 14.8. The quantitative estimate of drug-likeness (QED) is 0.848. The number of H-pyrrole nitrogens is 1. The molecule has 2 aromatic rings. The Morgan fingerprint density at radius 2 is 2.14 bits per heavy atom. The van der Waals surface area contributed by atoms with Crippen molar-refractivity contribution in [1.29, 1.82) is 0 Å². The number of carbonyl (C=O) groups excluding carboxylic acids is 1. The summed E-state index contributed by atoms with van der Waals surface area (Å²) >= 11 is 0. The summed E-state index contributed by atoms with van der Waals surface area (Å²) in [5.74, 6) is 0.137. The van der Waals surface area contributed by atoms with Gasteiger partial charge in [-0.25, -0.2) is 4.98 Å². The minimum atomic E-state index is -0.253. The molecule has 0 atom stereocenters. The van der Waals surface area contributed by atoms with E-state index in [4.69, 9.17) is 4.74 Å². The highest BCUT2D eigenvalue weighted by Crippen LogP contribution is 2.05. The molecule has 2 aromatic heterocycles. The maximum absolute atomic E-state index is 12.3. The summed E-state index contributed by atoms with van der Waals surface area (Å²) in [4.78, 5) is 34.4. The molecule has 0 spiro atoms. The van der Waals surface area contributed by atoms with Crippen LogP contribution in [-0.4, -0.2) is 56.7 Å². The van der Waals surface area contributed by atoms with Gasteiger partial charge in [0, 0.05) is 19.2 Å². The molecule has 1 aliphatic rings. The Morgan fingerprint density at radius 3 is 2.86 bits per heavy atom. The molecule has 0 saturated carbocycles. The van der Waals surface area contributed by atoms with Crippen molar-refractivity contribution in [2.45, 2.75) is 19.8 Å². The number of fused-ring (bicyclic) bond motifs is 1. The molecule has 3 rings (SSSR count). The summed E-state index contributed by atoms with van der Waals surface area (Å²) in [6.07, 6.45) is 1.61. The Bertz CT molecular complexity index is 714. The summed E-state index contributed by atoms with van der Waals surface area (Å²) in [6.45, 7) is 4.11. The first kappa shape index (κ1) is 13.7. The van der Waals surface area contributed by atoms with Crippen molar-refractivity contribution < 1.29 is 9.53 Å². The van der Waals surface area contributed by atoms with Gasteiger partial charge in [-0.05, 0) is 6.42 Å². The first-order chi connectivity index (χ1) is 10.2. The molecule has 8 heteroatoms. The van der Waals surface area contributed by atoms with Gasteiger partial charge in [0.15, 0.2) is 0 Å². The third-order valence-corrected chi connectivity index (χ3v) is 3.39. The lowest BCUT2D eigenvalue weighted by molar-refractivity contribution is 0.0295. The van der Waals surface area contributed by atoms with Crippen molar-refractivity contribution in [3.8, 4) is 0 Å². The van der Waals surface area contributed by atoms with Crippen LogP contribution in [0.25, 0.3) is 5.78 Å². The lowest BCUT2D eigenvalue weighted by Gasteiger charge is -2.25. The molecule has 0 bridgehead atoms. The molecule has 1 amide bonds. The molecule has 112 valence electrons. The highest BCUT2D eigenvalue weighted by atomic mass is 16.5. The van der Waals surface area contributed by atoms with Crippen LogP contribution < -0.4 is 5.56 Å². The summed E-state index contributed by atoms with van der Waals surface area (Å²) < 4.78 is 6.42. The molecule has 1 aliphatic heterocycles. The van der Waals surface area contributed by atoms with Crippen LogP contribution in [0.3, 0.4) is 0 Å². The Morgan fingerprint density at radius 1 is 1.38 bits per heavy atom. The second kappa shape index (κ2) is 5.65. The number of nitrogens with zero attached hydrogens (tertiary/aromatic N) is 4. The van der Waals surface area contributed by atoms with Crippen LogP contribution in [0.1, 0.15) is 29.7 Å². The average molecular weight is 291 g/mol. The normalized spacial score (nSPS) is 15.6. The monoisotopic (exact) mass is 291 g/mol. The van der Waals surface area contributed by atoms with Gasteiger partial charge in [-0.2, -0.15) is 9.50 Å². The fraction of sp³-hybridized carbons (Fsp3) is 0.538. The van der Waals surface area contributed by atoms with E-state index in [9.17, 15) is 9.59 Å². The number of hydrogen-bond donors (Lipinski definition) is 1. The molecule has 1 saturated heterocycles. The molecule has 0 aliphatic carbocycles. The van der Waals surface area contributed by atoms with E-state index in [1.807, 2.05) is 6.92 Å². The van der Waals surface area contributed by atoms with Crippen molar-refractivity contribution in [1.82, 2.24) is 24.5 Å². The minimum Gasteiger partial charge on any atom is -0.378 e. The van der Waals surface area contributed by atoms with Crippen LogP contribution in [0.4, 0.5) is 0 Å². The van der Waals surface area contributed by atoms with Crippen LogP contribution in [0.15, 0.2) is 10.9 Å². The first-order valence-electron chi connectivity index (χ1n) is 7.04. The number of amides is 1. The number of carbonyl (C=O) groups is 1. The SMILES string of the molecule is CCCc1cc(=O)n2[nH]c(C(=O)N3CCOCC3)nc2n1. The number of nitrogens with one attached hydrogen (secondary N) is 1. The van der Waals surface area contributed by atoms with E-state index in [2.05, 4.69) is 15.1 Å². The first-order valence-corrected chi connectivity index (χ1v) is 7.04. The van der Waals surface area contributed by atoms with Crippen molar-refractivity contribution in [2.75, 3.05) is 26.3 Å². The van der Waals surface area contributed by atoms with Gasteiger partial charge in [0.1, 0.15) is 0 Å². The smallest absolute Gasteiger partial charge is 0.291 e. The highest BCUT2D eigenvalue weighted by molar-refractivity contribution is 5.90. The number of morpholine rings is 1. The molecule has 3 heterocycles. The van der Waals surface area contributed by atoms with Crippen LogP contribution in [0.5, 0.6) is 0 Å². The second-order valence-electron chi connectivity index (χ2n) is 4.95. The zero-order valence-electron chi connectivity index (χ0n) is 11.8. The number of aromatic nitrogens is 4. The summed E-state index contributed by atoms with van der Waals surface area (Å²) in [7, 11) is 0. The predicted octanol–water partition coefficient (Wildman–Crippen LogP) is -0.158. The third kappa shape index (κ3) is 2.66. The van der Waals surface area contributed by atoms with Crippen LogP contribution in [0.2, 0.25) is 0 Å². The average Bonchev–Trinajstić information content (AvgIpc) is 2.92. The van der Waals surface area contributed by atoms with Gasteiger partial charge >= 0.3 is 0 Å². The molecule has 0 aromatic carbocycles. The lowest BCUT2D eigenvalue weighted by Crippen LogP contribution is -2.41. The van der Waals surface area contributed by atoms with Crippen molar-refractivity contribution >= 4 is 11.7 Å². The van der Waals surface area contributed by atoms with Gasteiger partial charge in [-0.1, -0.05) is 13.3 Å². The molecular formula is C13H17N5O3. The molecule has 21 heavy (non-hydrogen) atoms. The number of aryl methyl sites for hydroxylation is 1. The van der Waals surface area contributed by atoms with Gasteiger partial charge in [0.05, 0.1) is 18.9 Å². The van der Waals surface area contributed by atoms with E-state index in [0.29, 0.717) is 38.4 Å². The van der Waals surface area contributed by atoms with Gasteiger partial charge in [0.2, 0.25) is 5.82 Å². The number of aromatic amines is 1. The maximum atomic E-state index is 12.3. The van der Waals surface area contributed by atoms with Gasteiger partial charge in [0.25, 0.3) is 17.2 Å². The van der Waals surface area contributed by atoms with Gasteiger partial charge in [-0.3, -0.25) is 14.7 Å². The summed E-state index contributed by atoms with van der Waals surface area (Å²) in [5.41, 5.74) is 0.441. The van der Waals surface area contributed by atoms with Crippen LogP contribution in [0, 0.1) is 0 Å². The zero-order valence-corrected chi connectivity index (χ0v) is 11.8. The Balaban J connectivity index is 1.94. The lowest BCUT2D eigenvalue weighted by atomic mass is 10.2. The van der Waals surface area contributed by atoms with E-state index < -0.39 is 0 Å². The summed E-state index contributed by atoms with van der Waals surface area (Å²) in [6, 6.07) is 1.47. The van der Waals surface area contributed by atoms with Gasteiger partial charge < -0.3 is 9.64 Å². The highest BCUT2D eigenvalue weighted by Gasteiger charge is 2.22. The fourth-order valence-corrected chi connectivity index (χ4v) is 2.32. The van der Waals surface area contributed by atoms with Crippen LogP contribution in [-0.2, 0) is 11.2 Å². The Hall–Kier alpha value is -2.22. The Labute approximate surface area is 120 Å². The standard InChI is InChI=1S/C13H17N5O3/c1-2-3-9-8-10(19)18-13(14-9)15-11(16-18)12(20)17-4-6-21-7-5-17/h8H,2-7H2,1H3,(H,14,15,16). The molecule has 1 fully saturated rings. The molecule has 8 nitrogen and oxygen atoms in total. The molecule has 0 unspecified atom stereocenters. The number of ether oxygens (including phenoxy) is 1. The van der Waals surface area contributed by atoms with E-state index in [1.165, 1.54) is 10.6 Å². The third-order valence-electron chi connectivity index (χ3n) is 3.39.